The maximum atomic E-state index is 12.1. The summed E-state index contributed by atoms with van der Waals surface area (Å²) in [7, 11) is 1.75. The number of H-pyrrole nitrogens is 1. The van der Waals surface area contributed by atoms with Gasteiger partial charge in [-0.15, -0.1) is 0 Å². The van der Waals surface area contributed by atoms with Crippen molar-refractivity contribution in [3.63, 3.8) is 0 Å². The average Bonchev–Trinajstić information content (AvgIpc) is 2.46. The lowest BCUT2D eigenvalue weighted by Crippen LogP contribution is -2.43. The van der Waals surface area contributed by atoms with Gasteiger partial charge in [0.1, 0.15) is 0 Å². The number of aromatic amines is 1. The van der Waals surface area contributed by atoms with Crippen molar-refractivity contribution in [2.75, 3.05) is 20.2 Å². The zero-order valence-corrected chi connectivity index (χ0v) is 13.6. The molecule has 22 heavy (non-hydrogen) atoms. The molecule has 122 valence electrons. The molecule has 0 bridgehead atoms. The Labute approximate surface area is 130 Å². The molecule has 0 radical (unpaired) electrons. The minimum atomic E-state index is -0.187. The number of ether oxygens (including phenoxy) is 1. The second kappa shape index (κ2) is 7.45. The highest BCUT2D eigenvalue weighted by atomic mass is 16.5. The number of hydrogen-bond donors (Lipinski definition) is 2. The molecule has 0 aliphatic carbocycles. The van der Waals surface area contributed by atoms with Crippen molar-refractivity contribution >= 4 is 6.03 Å². The molecule has 2 rings (SSSR count). The molecular formula is C16H25N3O3. The van der Waals surface area contributed by atoms with Gasteiger partial charge in [-0.3, -0.25) is 4.79 Å². The maximum Gasteiger partial charge on any atom is 0.317 e. The number of nitrogens with zero attached hydrogens (tertiary/aromatic N) is 1. The Morgan fingerprint density at radius 1 is 1.45 bits per heavy atom. The van der Waals surface area contributed by atoms with E-state index in [4.69, 9.17) is 4.74 Å². The fourth-order valence-electron chi connectivity index (χ4n) is 2.74. The Balaban J connectivity index is 1.88. The van der Waals surface area contributed by atoms with Crippen molar-refractivity contribution in [1.29, 1.82) is 0 Å². The van der Waals surface area contributed by atoms with Gasteiger partial charge < -0.3 is 19.9 Å². The topological polar surface area (TPSA) is 74.4 Å². The molecule has 0 aromatic carbocycles. The molecule has 2 heterocycles. The summed E-state index contributed by atoms with van der Waals surface area (Å²) in [6.45, 7) is 5.31. The number of amides is 2. The normalized spacial score (nSPS) is 18.0. The second-order valence-corrected chi connectivity index (χ2v) is 5.97. The van der Waals surface area contributed by atoms with Crippen LogP contribution in [0, 0.1) is 13.8 Å². The van der Waals surface area contributed by atoms with E-state index in [1.807, 2.05) is 19.9 Å². The number of aromatic nitrogens is 1. The highest BCUT2D eigenvalue weighted by Crippen LogP contribution is 2.13. The van der Waals surface area contributed by atoms with Crippen LogP contribution in [0.15, 0.2) is 10.9 Å². The van der Waals surface area contributed by atoms with Crippen molar-refractivity contribution in [2.24, 2.45) is 0 Å². The molecular weight excluding hydrogens is 282 g/mol. The zero-order valence-electron chi connectivity index (χ0n) is 13.6. The molecule has 0 spiro atoms. The van der Waals surface area contributed by atoms with Crippen molar-refractivity contribution in [3.05, 3.63) is 33.2 Å². The monoisotopic (exact) mass is 307 g/mol. The highest BCUT2D eigenvalue weighted by molar-refractivity contribution is 5.73. The molecule has 2 amide bonds. The SMILES string of the molecule is Cc1cc(C)c(CNC(=O)N(C)C[C@H]2CCCCO2)c(=O)[nH]1. The maximum absolute atomic E-state index is 12.1. The smallest absolute Gasteiger partial charge is 0.317 e. The van der Waals surface area contributed by atoms with Crippen LogP contribution < -0.4 is 10.9 Å². The lowest BCUT2D eigenvalue weighted by atomic mass is 10.1. The van der Waals surface area contributed by atoms with E-state index in [1.165, 1.54) is 0 Å². The fraction of sp³-hybridized carbons (Fsp3) is 0.625. The summed E-state index contributed by atoms with van der Waals surface area (Å²) in [5.41, 5.74) is 2.17. The van der Waals surface area contributed by atoms with Crippen LogP contribution in [0.2, 0.25) is 0 Å². The molecule has 1 aromatic heterocycles. The standard InChI is InChI=1S/C16H25N3O3/c1-11-8-12(2)18-15(20)14(11)9-17-16(21)19(3)10-13-6-4-5-7-22-13/h8,13H,4-7,9-10H2,1-3H3,(H,17,21)(H,18,20)/t13-/m1/s1. The Kier molecular flexibility index (Phi) is 5.60. The van der Waals surface area contributed by atoms with Crippen molar-refractivity contribution in [2.45, 2.75) is 45.8 Å². The fourth-order valence-corrected chi connectivity index (χ4v) is 2.74. The second-order valence-electron chi connectivity index (χ2n) is 5.97. The summed E-state index contributed by atoms with van der Waals surface area (Å²) in [4.78, 5) is 28.4. The van der Waals surface area contributed by atoms with E-state index in [-0.39, 0.29) is 24.2 Å². The first-order valence-corrected chi connectivity index (χ1v) is 7.77. The third kappa shape index (κ3) is 4.34. The minimum Gasteiger partial charge on any atom is -0.376 e. The molecule has 1 saturated heterocycles. The average molecular weight is 307 g/mol. The summed E-state index contributed by atoms with van der Waals surface area (Å²) in [5, 5.41) is 2.80. The zero-order chi connectivity index (χ0) is 16.1. The molecule has 0 saturated carbocycles. The van der Waals surface area contributed by atoms with E-state index < -0.39 is 0 Å². The van der Waals surface area contributed by atoms with Gasteiger partial charge in [-0.2, -0.15) is 0 Å². The first kappa shape index (κ1) is 16.5. The van der Waals surface area contributed by atoms with Crippen molar-refractivity contribution in [3.8, 4) is 0 Å². The molecule has 6 nitrogen and oxygen atoms in total. The Morgan fingerprint density at radius 3 is 2.86 bits per heavy atom. The predicted molar refractivity (Wildman–Crippen MR) is 85.0 cm³/mol. The number of urea groups is 1. The summed E-state index contributed by atoms with van der Waals surface area (Å²) < 4.78 is 5.64. The summed E-state index contributed by atoms with van der Waals surface area (Å²) in [6, 6.07) is 1.72. The minimum absolute atomic E-state index is 0.119. The number of likely N-dealkylation sites (N-methyl/N-ethyl adjacent to an activating group) is 1. The molecule has 0 unspecified atom stereocenters. The lowest BCUT2D eigenvalue weighted by molar-refractivity contribution is 0.00385. The number of aryl methyl sites for hydroxylation is 2. The number of hydrogen-bond acceptors (Lipinski definition) is 3. The molecule has 1 aliphatic rings. The molecule has 1 atom stereocenters. The van der Waals surface area contributed by atoms with E-state index in [0.717, 1.165) is 37.1 Å². The lowest BCUT2D eigenvalue weighted by Gasteiger charge is -2.27. The third-order valence-electron chi connectivity index (χ3n) is 4.01. The van der Waals surface area contributed by atoms with Gasteiger partial charge in [0.15, 0.2) is 0 Å². The molecule has 1 aromatic rings. The third-order valence-corrected chi connectivity index (χ3v) is 4.01. The van der Waals surface area contributed by atoms with Crippen LogP contribution in [-0.4, -0.2) is 42.2 Å². The first-order valence-electron chi connectivity index (χ1n) is 7.77. The summed E-state index contributed by atoms with van der Waals surface area (Å²) in [5.74, 6) is 0. The molecule has 2 N–H and O–H groups in total. The van der Waals surface area contributed by atoms with Gasteiger partial charge in [0.05, 0.1) is 12.6 Å². The van der Waals surface area contributed by atoms with Gasteiger partial charge in [-0.1, -0.05) is 0 Å². The predicted octanol–water partition coefficient (Wildman–Crippen LogP) is 1.70. The van der Waals surface area contributed by atoms with Crippen LogP contribution in [0.5, 0.6) is 0 Å². The van der Waals surface area contributed by atoms with Crippen molar-refractivity contribution in [1.82, 2.24) is 15.2 Å². The van der Waals surface area contributed by atoms with Gasteiger partial charge >= 0.3 is 6.03 Å². The number of nitrogens with one attached hydrogen (secondary N) is 2. The Hall–Kier alpha value is -1.82. The Morgan fingerprint density at radius 2 is 2.23 bits per heavy atom. The van der Waals surface area contributed by atoms with Crippen LogP contribution in [0.1, 0.15) is 36.1 Å². The van der Waals surface area contributed by atoms with Gasteiger partial charge in [0.2, 0.25) is 0 Å². The van der Waals surface area contributed by atoms with E-state index in [2.05, 4.69) is 10.3 Å². The molecule has 6 heteroatoms. The number of pyridine rings is 1. The number of rotatable bonds is 4. The number of carbonyl (C=O) groups is 1. The van der Waals surface area contributed by atoms with Gasteiger partial charge in [-0.25, -0.2) is 4.79 Å². The summed E-state index contributed by atoms with van der Waals surface area (Å²) >= 11 is 0. The van der Waals surface area contributed by atoms with Crippen LogP contribution in [0.3, 0.4) is 0 Å². The van der Waals surface area contributed by atoms with Crippen LogP contribution in [0.25, 0.3) is 0 Å². The van der Waals surface area contributed by atoms with Crippen molar-refractivity contribution < 1.29 is 9.53 Å². The van der Waals surface area contributed by atoms with E-state index in [9.17, 15) is 9.59 Å². The van der Waals surface area contributed by atoms with Gasteiger partial charge in [-0.05, 0) is 44.7 Å². The van der Waals surface area contributed by atoms with Crippen LogP contribution >= 0.6 is 0 Å². The van der Waals surface area contributed by atoms with Gasteiger partial charge in [0.25, 0.3) is 5.56 Å². The first-order chi connectivity index (χ1) is 10.5. The van der Waals surface area contributed by atoms with E-state index in [0.29, 0.717) is 12.1 Å². The largest absolute Gasteiger partial charge is 0.376 e. The van der Waals surface area contributed by atoms with E-state index in [1.54, 1.807) is 11.9 Å². The van der Waals surface area contributed by atoms with E-state index >= 15 is 0 Å². The van der Waals surface area contributed by atoms with Gasteiger partial charge in [0, 0.05) is 31.5 Å². The summed E-state index contributed by atoms with van der Waals surface area (Å²) in [6.07, 6.45) is 3.36. The molecule has 1 aliphatic heterocycles. The van der Waals surface area contributed by atoms with Crippen LogP contribution in [-0.2, 0) is 11.3 Å². The highest BCUT2D eigenvalue weighted by Gasteiger charge is 2.19. The number of carbonyl (C=O) groups excluding carboxylic acids is 1. The Bertz CT molecular complexity index is 576. The van der Waals surface area contributed by atoms with Crippen LogP contribution in [0.4, 0.5) is 4.79 Å². The molecule has 1 fully saturated rings. The quantitative estimate of drug-likeness (QED) is 0.889.